The van der Waals surface area contributed by atoms with Crippen LogP contribution < -0.4 is 10.1 Å². The summed E-state index contributed by atoms with van der Waals surface area (Å²) in [4.78, 5) is 23.4. The highest BCUT2D eigenvalue weighted by atomic mass is 79.9. The van der Waals surface area contributed by atoms with Crippen molar-refractivity contribution in [2.75, 3.05) is 13.7 Å². The summed E-state index contributed by atoms with van der Waals surface area (Å²) in [5, 5.41) is 2.69. The number of carbonyl (C=O) groups excluding carboxylic acids is 2. The summed E-state index contributed by atoms with van der Waals surface area (Å²) in [6, 6.07) is 14.8. The average molecular weight is 404 g/mol. The second-order valence-corrected chi connectivity index (χ2v) is 5.95. The molecule has 1 amide bonds. The Labute approximate surface area is 154 Å². The molecule has 0 atom stereocenters. The van der Waals surface area contributed by atoms with Gasteiger partial charge < -0.3 is 14.8 Å². The molecule has 0 saturated carbocycles. The number of halogens is 1. The van der Waals surface area contributed by atoms with Gasteiger partial charge in [-0.2, -0.15) is 0 Å². The molecular formula is C19H18BrNO4. The predicted molar refractivity (Wildman–Crippen MR) is 99.0 cm³/mol. The number of hydrogen-bond donors (Lipinski definition) is 1. The number of methoxy groups -OCH3 is 1. The van der Waals surface area contributed by atoms with Crippen molar-refractivity contribution in [3.63, 3.8) is 0 Å². The fraction of sp³-hybridized carbons (Fsp3) is 0.158. The summed E-state index contributed by atoms with van der Waals surface area (Å²) >= 11 is 3.39. The first kappa shape index (κ1) is 18.7. The Bertz CT molecular complexity index is 774. The Hall–Kier alpha value is -2.60. The van der Waals surface area contributed by atoms with Crippen LogP contribution in [0.1, 0.15) is 11.1 Å². The van der Waals surface area contributed by atoms with Crippen LogP contribution in [-0.4, -0.2) is 25.6 Å². The SMILES string of the molecule is COc1cccc(CNC(=O)COC(=O)/C=C/c2ccccc2Br)c1. The number of nitrogens with one attached hydrogen (secondary N) is 1. The summed E-state index contributed by atoms with van der Waals surface area (Å²) in [7, 11) is 1.58. The summed E-state index contributed by atoms with van der Waals surface area (Å²) in [5.41, 5.74) is 1.75. The molecule has 5 nitrogen and oxygen atoms in total. The van der Waals surface area contributed by atoms with Crippen molar-refractivity contribution in [3.05, 3.63) is 70.2 Å². The molecule has 130 valence electrons. The largest absolute Gasteiger partial charge is 0.497 e. The molecule has 0 aromatic heterocycles. The molecule has 1 N–H and O–H groups in total. The summed E-state index contributed by atoms with van der Waals surface area (Å²) < 4.78 is 10.9. The predicted octanol–water partition coefficient (Wildman–Crippen LogP) is 3.33. The number of amides is 1. The van der Waals surface area contributed by atoms with E-state index in [1.54, 1.807) is 13.2 Å². The molecule has 0 fully saturated rings. The molecule has 0 radical (unpaired) electrons. The zero-order valence-electron chi connectivity index (χ0n) is 13.7. The molecule has 0 spiro atoms. The maximum absolute atomic E-state index is 11.8. The van der Waals surface area contributed by atoms with Gasteiger partial charge in [0.05, 0.1) is 7.11 Å². The highest BCUT2D eigenvalue weighted by Crippen LogP contribution is 2.17. The third kappa shape index (κ3) is 6.43. The summed E-state index contributed by atoms with van der Waals surface area (Å²) in [6.45, 7) is 0.00346. The Balaban J connectivity index is 1.75. The normalized spacial score (nSPS) is 10.5. The summed E-state index contributed by atoms with van der Waals surface area (Å²) in [6.07, 6.45) is 2.91. The van der Waals surface area contributed by atoms with E-state index in [2.05, 4.69) is 21.2 Å². The minimum absolute atomic E-state index is 0.330. The monoisotopic (exact) mass is 403 g/mol. The van der Waals surface area contributed by atoms with E-state index in [-0.39, 0.29) is 12.5 Å². The molecule has 25 heavy (non-hydrogen) atoms. The summed E-state index contributed by atoms with van der Waals surface area (Å²) in [5.74, 6) is -0.229. The van der Waals surface area contributed by atoms with E-state index >= 15 is 0 Å². The molecule has 2 rings (SSSR count). The maximum atomic E-state index is 11.8. The number of esters is 1. The molecule has 0 aliphatic carbocycles. The number of ether oxygens (including phenoxy) is 2. The minimum Gasteiger partial charge on any atom is -0.497 e. The van der Waals surface area contributed by atoms with E-state index in [0.717, 1.165) is 21.3 Å². The molecule has 2 aromatic rings. The molecule has 0 aliphatic rings. The zero-order valence-corrected chi connectivity index (χ0v) is 15.3. The minimum atomic E-state index is -0.577. The van der Waals surface area contributed by atoms with Crippen molar-refractivity contribution in [3.8, 4) is 5.75 Å². The van der Waals surface area contributed by atoms with Crippen LogP contribution in [0.25, 0.3) is 6.08 Å². The van der Waals surface area contributed by atoms with Crippen LogP contribution in [0.15, 0.2) is 59.1 Å². The van der Waals surface area contributed by atoms with Gasteiger partial charge in [-0.15, -0.1) is 0 Å². The highest BCUT2D eigenvalue weighted by molar-refractivity contribution is 9.10. The lowest BCUT2D eigenvalue weighted by molar-refractivity contribution is -0.143. The number of hydrogen-bond acceptors (Lipinski definition) is 4. The third-order valence-electron chi connectivity index (χ3n) is 3.27. The van der Waals surface area contributed by atoms with E-state index in [1.165, 1.54) is 6.08 Å². The fourth-order valence-corrected chi connectivity index (χ4v) is 2.40. The molecule has 0 saturated heterocycles. The van der Waals surface area contributed by atoms with Crippen LogP contribution in [0, 0.1) is 0 Å². The first-order chi connectivity index (χ1) is 12.1. The Kier molecular flexibility index (Phi) is 7.22. The van der Waals surface area contributed by atoms with Gasteiger partial charge >= 0.3 is 5.97 Å². The van der Waals surface area contributed by atoms with Crippen molar-refractivity contribution < 1.29 is 19.1 Å². The van der Waals surface area contributed by atoms with Gasteiger partial charge in [0, 0.05) is 17.1 Å². The van der Waals surface area contributed by atoms with E-state index in [4.69, 9.17) is 9.47 Å². The van der Waals surface area contributed by atoms with Crippen molar-refractivity contribution in [2.45, 2.75) is 6.54 Å². The smallest absolute Gasteiger partial charge is 0.331 e. The van der Waals surface area contributed by atoms with Gasteiger partial charge in [0.25, 0.3) is 5.91 Å². The quantitative estimate of drug-likeness (QED) is 0.568. The Morgan fingerprint density at radius 2 is 1.96 bits per heavy atom. The van der Waals surface area contributed by atoms with Crippen molar-refractivity contribution in [2.24, 2.45) is 0 Å². The van der Waals surface area contributed by atoms with Gasteiger partial charge in [-0.05, 0) is 35.4 Å². The zero-order chi connectivity index (χ0) is 18.1. The van der Waals surface area contributed by atoms with Crippen LogP contribution >= 0.6 is 15.9 Å². The van der Waals surface area contributed by atoms with Gasteiger partial charge in [0.1, 0.15) is 5.75 Å². The average Bonchev–Trinajstić information content (AvgIpc) is 2.64. The number of carbonyl (C=O) groups is 2. The van der Waals surface area contributed by atoms with Crippen molar-refractivity contribution >= 4 is 33.9 Å². The van der Waals surface area contributed by atoms with Crippen LogP contribution in [-0.2, 0) is 20.9 Å². The van der Waals surface area contributed by atoms with Gasteiger partial charge in [0.15, 0.2) is 6.61 Å². The van der Waals surface area contributed by atoms with Crippen LogP contribution in [0.3, 0.4) is 0 Å². The van der Waals surface area contributed by atoms with E-state index < -0.39 is 5.97 Å². The molecule has 0 aliphatic heterocycles. The maximum Gasteiger partial charge on any atom is 0.331 e. The van der Waals surface area contributed by atoms with E-state index in [0.29, 0.717) is 6.54 Å². The lowest BCUT2D eigenvalue weighted by Gasteiger charge is -2.07. The van der Waals surface area contributed by atoms with Crippen molar-refractivity contribution in [1.29, 1.82) is 0 Å². The van der Waals surface area contributed by atoms with Gasteiger partial charge in [-0.3, -0.25) is 4.79 Å². The molecule has 0 bridgehead atoms. The van der Waals surface area contributed by atoms with Gasteiger partial charge in [-0.25, -0.2) is 4.79 Å². The Morgan fingerprint density at radius 1 is 1.16 bits per heavy atom. The molecular weight excluding hydrogens is 386 g/mol. The molecule has 0 unspecified atom stereocenters. The fourth-order valence-electron chi connectivity index (χ4n) is 1.99. The van der Waals surface area contributed by atoms with Gasteiger partial charge in [0.2, 0.25) is 0 Å². The first-order valence-corrected chi connectivity index (χ1v) is 8.37. The molecule has 2 aromatic carbocycles. The topological polar surface area (TPSA) is 64.6 Å². The van der Waals surface area contributed by atoms with E-state index in [9.17, 15) is 9.59 Å². The highest BCUT2D eigenvalue weighted by Gasteiger charge is 2.05. The Morgan fingerprint density at radius 3 is 2.72 bits per heavy atom. The third-order valence-corrected chi connectivity index (χ3v) is 4.00. The number of benzene rings is 2. The number of rotatable bonds is 7. The van der Waals surface area contributed by atoms with Crippen LogP contribution in [0.4, 0.5) is 0 Å². The van der Waals surface area contributed by atoms with Crippen LogP contribution in [0.2, 0.25) is 0 Å². The lowest BCUT2D eigenvalue weighted by atomic mass is 10.2. The van der Waals surface area contributed by atoms with E-state index in [1.807, 2.05) is 48.5 Å². The standard InChI is InChI=1S/C19H18BrNO4/c1-24-16-7-4-5-14(11-16)12-21-18(22)13-25-19(23)10-9-15-6-2-3-8-17(15)20/h2-11H,12-13H2,1H3,(H,21,22)/b10-9+. The van der Waals surface area contributed by atoms with Crippen LogP contribution in [0.5, 0.6) is 5.75 Å². The second-order valence-electron chi connectivity index (χ2n) is 5.09. The first-order valence-electron chi connectivity index (χ1n) is 7.57. The molecule has 0 heterocycles. The second kappa shape index (κ2) is 9.64. The van der Waals surface area contributed by atoms with Crippen molar-refractivity contribution in [1.82, 2.24) is 5.32 Å². The van der Waals surface area contributed by atoms with Gasteiger partial charge in [-0.1, -0.05) is 46.3 Å². The lowest BCUT2D eigenvalue weighted by Crippen LogP contribution is -2.28. The molecule has 6 heteroatoms.